The van der Waals surface area contributed by atoms with Crippen LogP contribution in [0.2, 0.25) is 0 Å². The van der Waals surface area contributed by atoms with Crippen LogP contribution in [0.3, 0.4) is 0 Å². The molecule has 2 aromatic rings. The van der Waals surface area contributed by atoms with Gasteiger partial charge in [-0.25, -0.2) is 0 Å². The molecule has 2 N–H and O–H groups in total. The topological polar surface area (TPSA) is 63.4 Å². The fourth-order valence-corrected chi connectivity index (χ4v) is 2.36. The highest BCUT2D eigenvalue weighted by atomic mass is 79.9. The summed E-state index contributed by atoms with van der Waals surface area (Å²) in [5.41, 5.74) is 7.22. The van der Waals surface area contributed by atoms with Gasteiger partial charge in [0.15, 0.2) is 0 Å². The first-order valence-electron chi connectivity index (χ1n) is 6.37. The maximum Gasteiger partial charge on any atom is 0.253 e. The van der Waals surface area contributed by atoms with E-state index in [1.54, 1.807) is 48.3 Å². The summed E-state index contributed by atoms with van der Waals surface area (Å²) in [6.45, 7) is 0.463. The van der Waals surface area contributed by atoms with Crippen molar-refractivity contribution in [3.63, 3.8) is 0 Å². The smallest absolute Gasteiger partial charge is 0.253 e. The number of nitrogens with two attached hydrogens (primary N) is 1. The van der Waals surface area contributed by atoms with Gasteiger partial charge in [0.25, 0.3) is 5.91 Å². The van der Waals surface area contributed by atoms with Crippen LogP contribution in [0.5, 0.6) is 0 Å². The van der Waals surface area contributed by atoms with E-state index >= 15 is 0 Å². The molecule has 0 aliphatic heterocycles. The van der Waals surface area contributed by atoms with Crippen LogP contribution in [0.15, 0.2) is 53.0 Å². The first-order valence-corrected chi connectivity index (χ1v) is 7.16. The van der Waals surface area contributed by atoms with Crippen molar-refractivity contribution in [3.05, 3.63) is 69.7 Å². The van der Waals surface area contributed by atoms with Gasteiger partial charge in [-0.1, -0.05) is 34.1 Å². The van der Waals surface area contributed by atoms with Crippen molar-refractivity contribution in [2.24, 2.45) is 5.73 Å². The van der Waals surface area contributed by atoms with Crippen molar-refractivity contribution >= 4 is 27.7 Å². The van der Waals surface area contributed by atoms with Gasteiger partial charge in [-0.2, -0.15) is 0 Å². The number of carbonyl (C=O) groups excluding carboxylic acids is 2. The lowest BCUT2D eigenvalue weighted by Gasteiger charge is -2.17. The Kier molecular flexibility index (Phi) is 4.75. The zero-order valence-corrected chi connectivity index (χ0v) is 13.1. The van der Waals surface area contributed by atoms with E-state index in [0.717, 1.165) is 10.0 Å². The van der Waals surface area contributed by atoms with Crippen molar-refractivity contribution in [1.29, 1.82) is 0 Å². The van der Waals surface area contributed by atoms with Gasteiger partial charge in [-0.15, -0.1) is 0 Å². The number of rotatable bonds is 4. The van der Waals surface area contributed by atoms with E-state index in [1.165, 1.54) is 0 Å². The van der Waals surface area contributed by atoms with E-state index < -0.39 is 5.91 Å². The third-order valence-electron chi connectivity index (χ3n) is 3.08. The molecule has 2 aromatic carbocycles. The van der Waals surface area contributed by atoms with Gasteiger partial charge >= 0.3 is 0 Å². The summed E-state index contributed by atoms with van der Waals surface area (Å²) in [4.78, 5) is 24.9. The predicted octanol–water partition coefficient (Wildman–Crippen LogP) is 2.82. The van der Waals surface area contributed by atoms with Crippen molar-refractivity contribution in [2.75, 3.05) is 7.05 Å². The minimum absolute atomic E-state index is 0.0599. The highest BCUT2D eigenvalue weighted by molar-refractivity contribution is 9.10. The van der Waals surface area contributed by atoms with Crippen LogP contribution >= 0.6 is 15.9 Å². The van der Waals surface area contributed by atoms with Crippen LogP contribution in [-0.4, -0.2) is 23.8 Å². The number of amides is 2. The SMILES string of the molecule is CN(Cc1ccc(C(N)=O)cc1)C(=O)c1cccc(Br)c1. The molecule has 108 valence electrons. The fourth-order valence-electron chi connectivity index (χ4n) is 1.96. The van der Waals surface area contributed by atoms with Crippen LogP contribution in [0, 0.1) is 0 Å². The predicted molar refractivity (Wildman–Crippen MR) is 84.9 cm³/mol. The molecule has 0 unspecified atom stereocenters. The van der Waals surface area contributed by atoms with Crippen LogP contribution in [0.25, 0.3) is 0 Å². The number of halogens is 1. The third-order valence-corrected chi connectivity index (χ3v) is 3.57. The van der Waals surface area contributed by atoms with Gasteiger partial charge in [0.2, 0.25) is 5.91 Å². The molecule has 5 heteroatoms. The first kappa shape index (κ1) is 15.3. The molecule has 2 amide bonds. The summed E-state index contributed by atoms with van der Waals surface area (Å²) in [5.74, 6) is -0.518. The molecule has 21 heavy (non-hydrogen) atoms. The van der Waals surface area contributed by atoms with Crippen LogP contribution in [0.1, 0.15) is 26.3 Å². The van der Waals surface area contributed by atoms with E-state index in [-0.39, 0.29) is 5.91 Å². The average Bonchev–Trinajstić information content (AvgIpc) is 2.47. The van der Waals surface area contributed by atoms with Gasteiger partial charge in [0.05, 0.1) is 0 Å². The summed E-state index contributed by atoms with van der Waals surface area (Å²) in [7, 11) is 1.74. The molecule has 0 aromatic heterocycles. The van der Waals surface area contributed by atoms with Crippen LogP contribution in [-0.2, 0) is 6.54 Å². The molecule has 0 saturated heterocycles. The maximum atomic E-state index is 12.3. The lowest BCUT2D eigenvalue weighted by Crippen LogP contribution is -2.26. The zero-order chi connectivity index (χ0) is 15.4. The average molecular weight is 347 g/mol. The third kappa shape index (κ3) is 3.92. The highest BCUT2D eigenvalue weighted by Gasteiger charge is 2.12. The van der Waals surface area contributed by atoms with E-state index in [0.29, 0.717) is 17.7 Å². The van der Waals surface area contributed by atoms with Crippen molar-refractivity contribution in [2.45, 2.75) is 6.54 Å². The molecule has 4 nitrogen and oxygen atoms in total. The number of hydrogen-bond acceptors (Lipinski definition) is 2. The quantitative estimate of drug-likeness (QED) is 0.924. The van der Waals surface area contributed by atoms with E-state index in [9.17, 15) is 9.59 Å². The molecule has 0 atom stereocenters. The normalized spacial score (nSPS) is 10.2. The van der Waals surface area contributed by atoms with Gasteiger partial charge in [-0.05, 0) is 35.9 Å². The van der Waals surface area contributed by atoms with Crippen molar-refractivity contribution < 1.29 is 9.59 Å². The largest absolute Gasteiger partial charge is 0.366 e. The monoisotopic (exact) mass is 346 g/mol. The van der Waals surface area contributed by atoms with Crippen molar-refractivity contribution in [1.82, 2.24) is 4.90 Å². The Morgan fingerprint density at radius 2 is 1.76 bits per heavy atom. The van der Waals surface area contributed by atoms with Crippen LogP contribution < -0.4 is 5.73 Å². The second kappa shape index (κ2) is 6.54. The Bertz CT molecular complexity index is 668. The Labute approximate surface area is 131 Å². The molecule has 0 fully saturated rings. The molecule has 2 rings (SSSR count). The molecule has 0 spiro atoms. The van der Waals surface area contributed by atoms with Gasteiger partial charge < -0.3 is 10.6 Å². The minimum atomic E-state index is -0.458. The molecule has 0 heterocycles. The Hall–Kier alpha value is -2.14. The van der Waals surface area contributed by atoms with Crippen molar-refractivity contribution in [3.8, 4) is 0 Å². The number of hydrogen-bond donors (Lipinski definition) is 1. The molecular weight excluding hydrogens is 332 g/mol. The van der Waals surface area contributed by atoms with Gasteiger partial charge in [0, 0.05) is 29.2 Å². The number of primary amides is 1. The Balaban J connectivity index is 2.08. The molecular formula is C16H15BrN2O2. The summed E-state index contributed by atoms with van der Waals surface area (Å²) in [6.07, 6.45) is 0. The second-order valence-electron chi connectivity index (χ2n) is 4.73. The summed E-state index contributed by atoms with van der Waals surface area (Å²) in [6, 6.07) is 14.2. The number of carbonyl (C=O) groups is 2. The molecule has 0 radical (unpaired) electrons. The minimum Gasteiger partial charge on any atom is -0.366 e. The fraction of sp³-hybridized carbons (Fsp3) is 0.125. The highest BCUT2D eigenvalue weighted by Crippen LogP contribution is 2.14. The molecule has 0 aliphatic rings. The van der Waals surface area contributed by atoms with E-state index in [4.69, 9.17) is 5.73 Å². The zero-order valence-electron chi connectivity index (χ0n) is 11.5. The lowest BCUT2D eigenvalue weighted by molar-refractivity contribution is 0.0784. The van der Waals surface area contributed by atoms with E-state index in [1.807, 2.05) is 12.1 Å². The Morgan fingerprint density at radius 3 is 2.33 bits per heavy atom. The van der Waals surface area contributed by atoms with E-state index in [2.05, 4.69) is 15.9 Å². The molecule has 0 saturated carbocycles. The number of nitrogens with zero attached hydrogens (tertiary/aromatic N) is 1. The number of benzene rings is 2. The van der Waals surface area contributed by atoms with Gasteiger partial charge in [0.1, 0.15) is 0 Å². The molecule has 0 bridgehead atoms. The molecule has 0 aliphatic carbocycles. The van der Waals surface area contributed by atoms with Crippen LogP contribution in [0.4, 0.5) is 0 Å². The summed E-state index contributed by atoms with van der Waals surface area (Å²) >= 11 is 3.35. The summed E-state index contributed by atoms with van der Waals surface area (Å²) < 4.78 is 0.868. The van der Waals surface area contributed by atoms with Gasteiger partial charge in [-0.3, -0.25) is 9.59 Å². The first-order chi connectivity index (χ1) is 9.97. The Morgan fingerprint density at radius 1 is 1.10 bits per heavy atom. The standard InChI is InChI=1S/C16H15BrN2O2/c1-19(16(21)13-3-2-4-14(17)9-13)10-11-5-7-12(8-6-11)15(18)20/h2-9H,10H2,1H3,(H2,18,20). The second-order valence-corrected chi connectivity index (χ2v) is 5.65. The lowest BCUT2D eigenvalue weighted by atomic mass is 10.1. The summed E-state index contributed by atoms with van der Waals surface area (Å²) in [5, 5.41) is 0. The maximum absolute atomic E-state index is 12.3.